The van der Waals surface area contributed by atoms with Crippen LogP contribution in [0.4, 0.5) is 4.79 Å². The van der Waals surface area contributed by atoms with Gasteiger partial charge in [0.15, 0.2) is 0 Å². The molecule has 1 rings (SSSR count). The highest BCUT2D eigenvalue weighted by molar-refractivity contribution is 7.99. The molecule has 1 aliphatic rings. The van der Waals surface area contributed by atoms with Gasteiger partial charge in [0.25, 0.3) is 0 Å². The Morgan fingerprint density at radius 1 is 1.40 bits per heavy atom. The summed E-state index contributed by atoms with van der Waals surface area (Å²) in [6, 6.07) is -0.132. The summed E-state index contributed by atoms with van der Waals surface area (Å²) in [5.74, 6) is 1.66. The molecule has 0 aromatic heterocycles. The van der Waals surface area contributed by atoms with Crippen molar-refractivity contribution in [2.24, 2.45) is 17.8 Å². The molecule has 116 valence electrons. The van der Waals surface area contributed by atoms with Crippen LogP contribution in [0.25, 0.3) is 0 Å². The SMILES string of the molecule is CC(C)CSCCNC(=O)N1CC(C)CC(C(=O)O)C1. The third kappa shape index (κ3) is 6.03. The van der Waals surface area contributed by atoms with E-state index in [9.17, 15) is 9.59 Å². The molecule has 1 aliphatic heterocycles. The normalized spacial score (nSPS) is 22.9. The molecule has 2 unspecified atom stereocenters. The molecule has 20 heavy (non-hydrogen) atoms. The smallest absolute Gasteiger partial charge is 0.317 e. The Hall–Kier alpha value is -0.910. The number of urea groups is 1. The molecule has 1 fully saturated rings. The number of nitrogens with one attached hydrogen (secondary N) is 1. The molecule has 2 atom stereocenters. The van der Waals surface area contributed by atoms with Crippen LogP contribution in [-0.4, -0.2) is 53.1 Å². The minimum absolute atomic E-state index is 0.132. The number of likely N-dealkylation sites (tertiary alicyclic amines) is 1. The number of amides is 2. The first-order valence-corrected chi connectivity index (χ1v) is 8.39. The number of carboxylic acid groups (broad SMARTS) is 1. The predicted octanol–water partition coefficient (Wildman–Crippen LogP) is 2.13. The highest BCUT2D eigenvalue weighted by Gasteiger charge is 2.31. The van der Waals surface area contributed by atoms with E-state index in [0.717, 1.165) is 11.5 Å². The lowest BCUT2D eigenvalue weighted by atomic mass is 9.91. The quantitative estimate of drug-likeness (QED) is 0.737. The van der Waals surface area contributed by atoms with Crippen molar-refractivity contribution < 1.29 is 14.7 Å². The summed E-state index contributed by atoms with van der Waals surface area (Å²) in [5, 5.41) is 12.0. The van der Waals surface area contributed by atoms with Gasteiger partial charge < -0.3 is 15.3 Å². The summed E-state index contributed by atoms with van der Waals surface area (Å²) in [4.78, 5) is 24.7. The van der Waals surface area contributed by atoms with Crippen LogP contribution in [0.15, 0.2) is 0 Å². The van der Waals surface area contributed by atoms with Crippen LogP contribution in [0.2, 0.25) is 0 Å². The zero-order chi connectivity index (χ0) is 15.1. The molecular weight excluding hydrogens is 276 g/mol. The highest BCUT2D eigenvalue weighted by Crippen LogP contribution is 2.21. The zero-order valence-corrected chi connectivity index (χ0v) is 13.4. The number of carbonyl (C=O) groups excluding carboxylic acids is 1. The number of hydrogen-bond donors (Lipinski definition) is 2. The monoisotopic (exact) mass is 302 g/mol. The van der Waals surface area contributed by atoms with Crippen LogP contribution in [0.1, 0.15) is 27.2 Å². The van der Waals surface area contributed by atoms with E-state index < -0.39 is 11.9 Å². The number of piperidine rings is 1. The lowest BCUT2D eigenvalue weighted by Gasteiger charge is -2.34. The lowest BCUT2D eigenvalue weighted by Crippen LogP contribution is -2.49. The van der Waals surface area contributed by atoms with Gasteiger partial charge in [-0.15, -0.1) is 0 Å². The van der Waals surface area contributed by atoms with Crippen molar-refractivity contribution in [1.29, 1.82) is 0 Å². The van der Waals surface area contributed by atoms with Gasteiger partial charge in [-0.2, -0.15) is 11.8 Å². The first-order valence-electron chi connectivity index (χ1n) is 7.23. The van der Waals surface area contributed by atoms with E-state index in [0.29, 0.717) is 32.0 Å². The van der Waals surface area contributed by atoms with Gasteiger partial charge in [-0.1, -0.05) is 20.8 Å². The maximum atomic E-state index is 12.0. The minimum Gasteiger partial charge on any atom is -0.481 e. The summed E-state index contributed by atoms with van der Waals surface area (Å²) in [5.41, 5.74) is 0. The molecule has 0 aromatic carbocycles. The summed E-state index contributed by atoms with van der Waals surface area (Å²) in [6.07, 6.45) is 0.656. The average molecular weight is 302 g/mol. The van der Waals surface area contributed by atoms with Crippen molar-refractivity contribution in [3.05, 3.63) is 0 Å². The Bertz CT molecular complexity index is 336. The molecular formula is C14H26N2O3S. The van der Waals surface area contributed by atoms with E-state index in [-0.39, 0.29) is 11.9 Å². The van der Waals surface area contributed by atoms with Crippen LogP contribution in [-0.2, 0) is 4.79 Å². The van der Waals surface area contributed by atoms with E-state index in [1.54, 1.807) is 4.90 Å². The van der Waals surface area contributed by atoms with E-state index in [2.05, 4.69) is 19.2 Å². The van der Waals surface area contributed by atoms with Crippen molar-refractivity contribution in [3.8, 4) is 0 Å². The van der Waals surface area contributed by atoms with Gasteiger partial charge in [-0.05, 0) is 24.0 Å². The second-order valence-corrected chi connectivity index (χ2v) is 7.13. The number of carbonyl (C=O) groups is 2. The third-order valence-electron chi connectivity index (χ3n) is 3.27. The number of rotatable bonds is 6. The average Bonchev–Trinajstić information content (AvgIpc) is 2.36. The van der Waals surface area contributed by atoms with Crippen molar-refractivity contribution in [3.63, 3.8) is 0 Å². The Kier molecular flexibility index (Phi) is 7.19. The second-order valence-electron chi connectivity index (χ2n) is 5.98. The third-order valence-corrected chi connectivity index (χ3v) is 4.67. The molecule has 5 nitrogen and oxygen atoms in total. The van der Waals surface area contributed by atoms with Crippen LogP contribution in [0.5, 0.6) is 0 Å². The number of carboxylic acids is 1. The lowest BCUT2D eigenvalue weighted by molar-refractivity contribution is -0.143. The van der Waals surface area contributed by atoms with Crippen molar-refractivity contribution >= 4 is 23.8 Å². The van der Waals surface area contributed by atoms with Gasteiger partial charge in [0.05, 0.1) is 5.92 Å². The molecule has 1 saturated heterocycles. The second kappa shape index (κ2) is 8.39. The Morgan fingerprint density at radius 2 is 2.10 bits per heavy atom. The van der Waals surface area contributed by atoms with E-state index in [1.165, 1.54) is 0 Å². The molecule has 1 heterocycles. The molecule has 0 saturated carbocycles. The topological polar surface area (TPSA) is 69.6 Å². The molecule has 2 amide bonds. The standard InChI is InChI=1S/C14H26N2O3S/c1-10(2)9-20-5-4-15-14(19)16-7-11(3)6-12(8-16)13(17)18/h10-12H,4-9H2,1-3H3,(H,15,19)(H,17,18). The summed E-state index contributed by atoms with van der Waals surface area (Å²) in [6.45, 7) is 7.95. The van der Waals surface area contributed by atoms with Crippen molar-refractivity contribution in [2.75, 3.05) is 31.1 Å². The first kappa shape index (κ1) is 17.1. The van der Waals surface area contributed by atoms with E-state index in [1.807, 2.05) is 18.7 Å². The maximum absolute atomic E-state index is 12.0. The van der Waals surface area contributed by atoms with Gasteiger partial charge in [0.2, 0.25) is 0 Å². The first-order chi connectivity index (χ1) is 9.40. The summed E-state index contributed by atoms with van der Waals surface area (Å²) in [7, 11) is 0. The molecule has 0 spiro atoms. The Labute approximate surface area is 125 Å². The van der Waals surface area contributed by atoms with Crippen LogP contribution in [0, 0.1) is 17.8 Å². The van der Waals surface area contributed by atoms with Crippen molar-refractivity contribution in [1.82, 2.24) is 10.2 Å². The Morgan fingerprint density at radius 3 is 2.70 bits per heavy atom. The van der Waals surface area contributed by atoms with Gasteiger partial charge in [-0.25, -0.2) is 4.79 Å². The molecule has 6 heteroatoms. The van der Waals surface area contributed by atoms with E-state index >= 15 is 0 Å². The fraction of sp³-hybridized carbons (Fsp3) is 0.857. The molecule has 0 bridgehead atoms. The van der Waals surface area contributed by atoms with Gasteiger partial charge >= 0.3 is 12.0 Å². The highest BCUT2D eigenvalue weighted by atomic mass is 32.2. The van der Waals surface area contributed by atoms with Gasteiger partial charge in [0, 0.05) is 25.4 Å². The predicted molar refractivity (Wildman–Crippen MR) is 82.0 cm³/mol. The van der Waals surface area contributed by atoms with Gasteiger partial charge in [-0.3, -0.25) is 4.79 Å². The van der Waals surface area contributed by atoms with Crippen LogP contribution < -0.4 is 5.32 Å². The van der Waals surface area contributed by atoms with Crippen LogP contribution >= 0.6 is 11.8 Å². The van der Waals surface area contributed by atoms with E-state index in [4.69, 9.17) is 5.11 Å². The number of aliphatic carboxylic acids is 1. The summed E-state index contributed by atoms with van der Waals surface area (Å²) < 4.78 is 0. The molecule has 0 aromatic rings. The fourth-order valence-corrected chi connectivity index (χ4v) is 3.24. The zero-order valence-electron chi connectivity index (χ0n) is 12.6. The van der Waals surface area contributed by atoms with Gasteiger partial charge in [0.1, 0.15) is 0 Å². The minimum atomic E-state index is -0.804. The number of hydrogen-bond acceptors (Lipinski definition) is 3. The summed E-state index contributed by atoms with van der Waals surface area (Å²) >= 11 is 1.83. The fourth-order valence-electron chi connectivity index (χ4n) is 2.36. The number of thioether (sulfide) groups is 1. The maximum Gasteiger partial charge on any atom is 0.317 e. The molecule has 2 N–H and O–H groups in total. The van der Waals surface area contributed by atoms with Crippen molar-refractivity contribution in [2.45, 2.75) is 27.2 Å². The Balaban J connectivity index is 2.29. The largest absolute Gasteiger partial charge is 0.481 e. The molecule has 0 aliphatic carbocycles. The van der Waals surface area contributed by atoms with Crippen LogP contribution in [0.3, 0.4) is 0 Å². The molecule has 0 radical (unpaired) electrons. The number of nitrogens with zero attached hydrogens (tertiary/aromatic N) is 1.